The standard InChI is InChI=1S/C22H27N3O2/c1-3-25-12-11-19-18(14-25)22(24-23-19)17-9-10-20(21(13-17)26-2)27-15-16-7-5-4-6-8-16/h4-10,13,18,22,24H,3,11-12,14-15H2,1-2H3. The second-order valence-corrected chi connectivity index (χ2v) is 7.14. The molecule has 27 heavy (non-hydrogen) atoms. The smallest absolute Gasteiger partial charge is 0.161 e. The van der Waals surface area contributed by atoms with Gasteiger partial charge in [0.1, 0.15) is 6.61 Å². The molecule has 5 heteroatoms. The van der Waals surface area contributed by atoms with Crippen molar-refractivity contribution < 1.29 is 9.47 Å². The number of hydrogen-bond acceptors (Lipinski definition) is 5. The first-order valence-corrected chi connectivity index (χ1v) is 9.67. The van der Waals surface area contributed by atoms with Gasteiger partial charge in [0.15, 0.2) is 11.5 Å². The van der Waals surface area contributed by atoms with E-state index in [0.29, 0.717) is 12.5 Å². The summed E-state index contributed by atoms with van der Waals surface area (Å²) < 4.78 is 11.6. The van der Waals surface area contributed by atoms with Gasteiger partial charge >= 0.3 is 0 Å². The van der Waals surface area contributed by atoms with Crippen LogP contribution in [0, 0.1) is 5.92 Å². The van der Waals surface area contributed by atoms with Gasteiger partial charge in [0.25, 0.3) is 0 Å². The Kier molecular flexibility index (Phi) is 5.30. The number of hydrazone groups is 1. The van der Waals surface area contributed by atoms with Crippen LogP contribution < -0.4 is 14.9 Å². The molecule has 2 aromatic rings. The fraction of sp³-hybridized carbons (Fsp3) is 0.409. The zero-order valence-electron chi connectivity index (χ0n) is 16.0. The van der Waals surface area contributed by atoms with E-state index in [4.69, 9.17) is 9.47 Å². The van der Waals surface area contributed by atoms with Gasteiger partial charge in [-0.05, 0) is 29.8 Å². The van der Waals surface area contributed by atoms with Crippen LogP contribution in [0.5, 0.6) is 11.5 Å². The van der Waals surface area contributed by atoms with Crippen molar-refractivity contribution in [1.82, 2.24) is 10.3 Å². The van der Waals surface area contributed by atoms with Crippen molar-refractivity contribution in [2.75, 3.05) is 26.7 Å². The highest BCUT2D eigenvalue weighted by atomic mass is 16.5. The number of likely N-dealkylation sites (tertiary alicyclic amines) is 1. The van der Waals surface area contributed by atoms with E-state index in [2.05, 4.69) is 46.6 Å². The Labute approximate surface area is 161 Å². The van der Waals surface area contributed by atoms with Crippen LogP contribution in [0.2, 0.25) is 0 Å². The van der Waals surface area contributed by atoms with Crippen LogP contribution in [-0.2, 0) is 6.61 Å². The topological polar surface area (TPSA) is 46.1 Å². The van der Waals surface area contributed by atoms with Gasteiger partial charge < -0.3 is 19.8 Å². The number of fused-ring (bicyclic) bond motifs is 1. The molecular formula is C22H27N3O2. The first kappa shape index (κ1) is 17.9. The molecule has 2 aliphatic heterocycles. The number of nitrogens with zero attached hydrogens (tertiary/aromatic N) is 2. The lowest BCUT2D eigenvalue weighted by Crippen LogP contribution is -2.41. The third kappa shape index (κ3) is 3.78. The molecular weight excluding hydrogens is 338 g/mol. The number of rotatable bonds is 6. The van der Waals surface area contributed by atoms with Crippen molar-refractivity contribution in [3.05, 3.63) is 59.7 Å². The van der Waals surface area contributed by atoms with Crippen molar-refractivity contribution in [3.8, 4) is 11.5 Å². The summed E-state index contributed by atoms with van der Waals surface area (Å²) in [5, 5.41) is 4.61. The van der Waals surface area contributed by atoms with Crippen molar-refractivity contribution >= 4 is 5.71 Å². The minimum Gasteiger partial charge on any atom is -0.493 e. The Hall–Kier alpha value is -2.53. The molecule has 142 valence electrons. The number of nitrogens with one attached hydrogen (secondary N) is 1. The van der Waals surface area contributed by atoms with E-state index in [-0.39, 0.29) is 6.04 Å². The maximum Gasteiger partial charge on any atom is 0.161 e. The lowest BCUT2D eigenvalue weighted by atomic mass is 9.86. The molecule has 0 aromatic heterocycles. The van der Waals surface area contributed by atoms with Crippen molar-refractivity contribution in [1.29, 1.82) is 0 Å². The predicted octanol–water partition coefficient (Wildman–Crippen LogP) is 3.62. The van der Waals surface area contributed by atoms with Crippen molar-refractivity contribution in [2.24, 2.45) is 11.0 Å². The van der Waals surface area contributed by atoms with E-state index < -0.39 is 0 Å². The highest BCUT2D eigenvalue weighted by molar-refractivity contribution is 5.90. The van der Waals surface area contributed by atoms with Gasteiger partial charge in [0.2, 0.25) is 0 Å². The Balaban J connectivity index is 1.49. The zero-order chi connectivity index (χ0) is 18.6. The van der Waals surface area contributed by atoms with Gasteiger partial charge in [-0.1, -0.05) is 43.3 Å². The Morgan fingerprint density at radius 2 is 2.00 bits per heavy atom. The SMILES string of the molecule is CCN1CCC2=NNC(c3ccc(OCc4ccccc4)c(OC)c3)C2C1. The monoisotopic (exact) mass is 365 g/mol. The number of hydrogen-bond donors (Lipinski definition) is 1. The van der Waals surface area contributed by atoms with E-state index in [1.54, 1.807) is 7.11 Å². The number of piperidine rings is 1. The van der Waals surface area contributed by atoms with Crippen LogP contribution in [0.1, 0.15) is 30.5 Å². The van der Waals surface area contributed by atoms with E-state index in [1.807, 2.05) is 24.3 Å². The average Bonchev–Trinajstić information content (AvgIpc) is 3.16. The molecule has 0 aliphatic carbocycles. The van der Waals surface area contributed by atoms with Crippen LogP contribution in [0.15, 0.2) is 53.6 Å². The van der Waals surface area contributed by atoms with Crippen LogP contribution in [-0.4, -0.2) is 37.4 Å². The third-order valence-corrected chi connectivity index (χ3v) is 5.55. The van der Waals surface area contributed by atoms with Crippen LogP contribution >= 0.6 is 0 Å². The highest BCUT2D eigenvalue weighted by Crippen LogP contribution is 2.37. The molecule has 0 saturated carbocycles. The molecule has 0 radical (unpaired) electrons. The molecule has 0 amide bonds. The molecule has 2 aliphatic rings. The number of benzene rings is 2. The molecule has 2 atom stereocenters. The summed E-state index contributed by atoms with van der Waals surface area (Å²) in [6.45, 7) is 6.00. The first-order chi connectivity index (χ1) is 13.3. The van der Waals surface area contributed by atoms with Crippen LogP contribution in [0.25, 0.3) is 0 Å². The lowest BCUT2D eigenvalue weighted by Gasteiger charge is -2.32. The average molecular weight is 365 g/mol. The van der Waals surface area contributed by atoms with E-state index in [1.165, 1.54) is 11.3 Å². The lowest BCUT2D eigenvalue weighted by molar-refractivity contribution is 0.238. The third-order valence-electron chi connectivity index (χ3n) is 5.55. The highest BCUT2D eigenvalue weighted by Gasteiger charge is 2.36. The maximum absolute atomic E-state index is 5.99. The second kappa shape index (κ2) is 8.01. The molecule has 0 spiro atoms. The number of methoxy groups -OCH3 is 1. The van der Waals surface area contributed by atoms with Crippen LogP contribution in [0.3, 0.4) is 0 Å². The molecule has 5 nitrogen and oxygen atoms in total. The normalized spacial score (nSPS) is 21.9. The molecule has 0 bridgehead atoms. The van der Waals surface area contributed by atoms with E-state index in [9.17, 15) is 0 Å². The molecule has 2 heterocycles. The van der Waals surface area contributed by atoms with Gasteiger partial charge in [0.05, 0.1) is 13.2 Å². The summed E-state index contributed by atoms with van der Waals surface area (Å²) in [5.41, 5.74) is 6.99. The summed E-state index contributed by atoms with van der Waals surface area (Å²) in [4.78, 5) is 2.50. The Bertz CT molecular complexity index is 806. The minimum absolute atomic E-state index is 0.200. The summed E-state index contributed by atoms with van der Waals surface area (Å²) in [6.07, 6.45) is 1.05. The Morgan fingerprint density at radius 3 is 2.78 bits per heavy atom. The van der Waals surface area contributed by atoms with Gasteiger partial charge in [-0.2, -0.15) is 5.10 Å². The molecule has 2 unspecified atom stereocenters. The van der Waals surface area contributed by atoms with Gasteiger partial charge in [-0.15, -0.1) is 0 Å². The summed E-state index contributed by atoms with van der Waals surface area (Å²) in [6, 6.07) is 16.6. The van der Waals surface area contributed by atoms with Gasteiger partial charge in [-0.3, -0.25) is 0 Å². The van der Waals surface area contributed by atoms with Crippen molar-refractivity contribution in [3.63, 3.8) is 0 Å². The largest absolute Gasteiger partial charge is 0.493 e. The summed E-state index contributed by atoms with van der Waals surface area (Å²) >= 11 is 0. The fourth-order valence-corrected chi connectivity index (χ4v) is 3.94. The van der Waals surface area contributed by atoms with E-state index in [0.717, 1.165) is 43.1 Å². The fourth-order valence-electron chi connectivity index (χ4n) is 3.94. The summed E-state index contributed by atoms with van der Waals surface area (Å²) in [7, 11) is 1.69. The second-order valence-electron chi connectivity index (χ2n) is 7.14. The van der Waals surface area contributed by atoms with E-state index >= 15 is 0 Å². The zero-order valence-corrected chi connectivity index (χ0v) is 16.0. The predicted molar refractivity (Wildman–Crippen MR) is 107 cm³/mol. The van der Waals surface area contributed by atoms with Gasteiger partial charge in [-0.25, -0.2) is 0 Å². The maximum atomic E-state index is 5.99. The van der Waals surface area contributed by atoms with Gasteiger partial charge in [0, 0.05) is 31.1 Å². The quantitative estimate of drug-likeness (QED) is 0.849. The molecule has 1 N–H and O–H groups in total. The Morgan fingerprint density at radius 1 is 1.15 bits per heavy atom. The molecule has 1 fully saturated rings. The molecule has 2 aromatic carbocycles. The first-order valence-electron chi connectivity index (χ1n) is 9.67. The summed E-state index contributed by atoms with van der Waals surface area (Å²) in [5.74, 6) is 1.96. The number of ether oxygens (including phenoxy) is 2. The molecule has 4 rings (SSSR count). The van der Waals surface area contributed by atoms with Crippen molar-refractivity contribution in [2.45, 2.75) is 26.0 Å². The van der Waals surface area contributed by atoms with Crippen LogP contribution in [0.4, 0.5) is 0 Å². The minimum atomic E-state index is 0.200. The molecule has 1 saturated heterocycles.